The second-order valence-electron chi connectivity index (χ2n) is 3.74. The third-order valence-corrected chi connectivity index (χ3v) is 11.3. The molecule has 0 unspecified atom stereocenters. The standard InChI is InChI=1S/C9H20As2/c1-6-10-8(11-7-2)9(3,4)5/h8H,6-7H2,1-5H3. The third-order valence-electron chi connectivity index (χ3n) is 1.49. The van der Waals surface area contributed by atoms with E-state index in [1.54, 1.807) is 0 Å². The fourth-order valence-corrected chi connectivity index (χ4v) is 9.76. The van der Waals surface area contributed by atoms with Gasteiger partial charge in [-0.25, -0.2) is 0 Å². The molecule has 0 nitrogen and oxygen atoms in total. The monoisotopic (exact) mass is 278 g/mol. The van der Waals surface area contributed by atoms with Gasteiger partial charge in [0.25, 0.3) is 0 Å². The van der Waals surface area contributed by atoms with E-state index in [0.29, 0.717) is 36.9 Å². The molecule has 0 rings (SSSR count). The van der Waals surface area contributed by atoms with Crippen molar-refractivity contribution in [1.82, 2.24) is 0 Å². The first-order valence-electron chi connectivity index (χ1n) is 4.35. The van der Waals surface area contributed by atoms with Crippen molar-refractivity contribution in [1.29, 1.82) is 0 Å². The van der Waals surface area contributed by atoms with E-state index in [1.807, 2.05) is 0 Å². The summed E-state index contributed by atoms with van der Waals surface area (Å²) in [7, 11) is 0. The van der Waals surface area contributed by atoms with Crippen LogP contribution in [0.3, 0.4) is 0 Å². The summed E-state index contributed by atoms with van der Waals surface area (Å²) in [5.74, 6) is 0. The van der Waals surface area contributed by atoms with Gasteiger partial charge in [0.2, 0.25) is 0 Å². The van der Waals surface area contributed by atoms with Crippen LogP contribution in [0, 0.1) is 5.41 Å². The summed E-state index contributed by atoms with van der Waals surface area (Å²) in [5, 5.41) is 2.90. The van der Waals surface area contributed by atoms with Crippen molar-refractivity contribution in [2.24, 2.45) is 5.41 Å². The molecule has 0 aromatic rings. The van der Waals surface area contributed by atoms with Crippen LogP contribution in [-0.2, 0) is 0 Å². The van der Waals surface area contributed by atoms with Crippen LogP contribution < -0.4 is 0 Å². The van der Waals surface area contributed by atoms with Gasteiger partial charge in [-0.3, -0.25) is 0 Å². The quantitative estimate of drug-likeness (QED) is 0.693. The molecule has 66 valence electrons. The average Bonchev–Trinajstić information content (AvgIpc) is 1.85. The van der Waals surface area contributed by atoms with Crippen molar-refractivity contribution in [2.45, 2.75) is 48.5 Å². The zero-order chi connectivity index (χ0) is 8.91. The second kappa shape index (κ2) is 5.71. The zero-order valence-corrected chi connectivity index (χ0v) is 12.1. The topological polar surface area (TPSA) is 0 Å². The Morgan fingerprint density at radius 2 is 1.36 bits per heavy atom. The van der Waals surface area contributed by atoms with Gasteiger partial charge in [-0.2, -0.15) is 0 Å². The van der Waals surface area contributed by atoms with Crippen molar-refractivity contribution in [3.8, 4) is 0 Å². The van der Waals surface area contributed by atoms with Crippen LogP contribution in [-0.4, -0.2) is 31.5 Å². The molecule has 0 aliphatic carbocycles. The molecule has 2 radical (unpaired) electrons. The van der Waals surface area contributed by atoms with Gasteiger partial charge in [0.05, 0.1) is 0 Å². The molecule has 0 saturated carbocycles. The van der Waals surface area contributed by atoms with Crippen LogP contribution >= 0.6 is 0 Å². The van der Waals surface area contributed by atoms with E-state index in [2.05, 4.69) is 34.6 Å². The molecular weight excluding hydrogens is 258 g/mol. The first-order chi connectivity index (χ1) is 5.02. The fourth-order valence-electron chi connectivity index (χ4n) is 0.951. The van der Waals surface area contributed by atoms with Crippen molar-refractivity contribution < 1.29 is 0 Å². The van der Waals surface area contributed by atoms with Crippen LogP contribution in [0.5, 0.6) is 0 Å². The van der Waals surface area contributed by atoms with Gasteiger partial charge < -0.3 is 0 Å². The molecule has 0 aromatic carbocycles. The Morgan fingerprint density at radius 1 is 1.00 bits per heavy atom. The molecule has 0 aromatic heterocycles. The first kappa shape index (κ1) is 12.1. The molecule has 0 saturated heterocycles. The predicted octanol–water partition coefficient (Wildman–Crippen LogP) is 3.06. The Kier molecular flexibility index (Phi) is 6.29. The molecule has 11 heavy (non-hydrogen) atoms. The summed E-state index contributed by atoms with van der Waals surface area (Å²) in [5.41, 5.74) is 0.603. The van der Waals surface area contributed by atoms with E-state index in [9.17, 15) is 0 Å². The molecule has 2 heteroatoms. The number of hydrogen-bond acceptors (Lipinski definition) is 0. The number of rotatable bonds is 4. The Balaban J connectivity index is 3.88. The molecule has 0 fully saturated rings. The van der Waals surface area contributed by atoms with E-state index in [-0.39, 0.29) is 0 Å². The summed E-state index contributed by atoms with van der Waals surface area (Å²) in [4.78, 5) is 0. The van der Waals surface area contributed by atoms with Crippen LogP contribution in [0.1, 0.15) is 34.6 Å². The van der Waals surface area contributed by atoms with E-state index in [1.165, 1.54) is 10.4 Å². The van der Waals surface area contributed by atoms with Crippen LogP contribution in [0.25, 0.3) is 0 Å². The summed E-state index contributed by atoms with van der Waals surface area (Å²) in [6.45, 7) is 11.9. The molecule has 0 aliphatic rings. The predicted molar refractivity (Wildman–Crippen MR) is 55.7 cm³/mol. The Bertz CT molecular complexity index is 88.2. The molecule has 0 heterocycles. The molecule has 0 aliphatic heterocycles. The molecule has 0 spiro atoms. The van der Waals surface area contributed by atoms with Crippen molar-refractivity contribution in [3.63, 3.8) is 0 Å². The van der Waals surface area contributed by atoms with E-state index >= 15 is 0 Å². The van der Waals surface area contributed by atoms with Gasteiger partial charge in [-0.05, 0) is 0 Å². The Morgan fingerprint density at radius 3 is 1.55 bits per heavy atom. The van der Waals surface area contributed by atoms with Gasteiger partial charge in [-0.1, -0.05) is 0 Å². The average molecular weight is 278 g/mol. The number of hydrogen-bond donors (Lipinski definition) is 0. The molecule has 0 amide bonds. The van der Waals surface area contributed by atoms with Gasteiger partial charge >= 0.3 is 85.4 Å². The summed E-state index contributed by atoms with van der Waals surface area (Å²) in [6.07, 6.45) is 0. The Hall–Kier alpha value is 1.12. The zero-order valence-electron chi connectivity index (χ0n) is 8.39. The third kappa shape index (κ3) is 5.37. The van der Waals surface area contributed by atoms with Crippen LogP contribution in [0.2, 0.25) is 13.9 Å². The van der Waals surface area contributed by atoms with Crippen molar-refractivity contribution in [3.05, 3.63) is 0 Å². The summed E-state index contributed by atoms with van der Waals surface area (Å²) >= 11 is 1.29. The summed E-state index contributed by atoms with van der Waals surface area (Å²) in [6, 6.07) is 0. The molecule has 0 N–H and O–H groups in total. The minimum absolute atomic E-state index is 0.603. The second-order valence-corrected chi connectivity index (χ2v) is 12.0. The van der Waals surface area contributed by atoms with Gasteiger partial charge in [0, 0.05) is 0 Å². The first-order valence-corrected chi connectivity index (χ1v) is 9.17. The SMILES string of the molecule is CC[As]C([As]CC)C(C)(C)C. The van der Waals surface area contributed by atoms with Crippen LogP contribution in [0.4, 0.5) is 0 Å². The van der Waals surface area contributed by atoms with E-state index in [4.69, 9.17) is 0 Å². The van der Waals surface area contributed by atoms with Gasteiger partial charge in [-0.15, -0.1) is 0 Å². The van der Waals surface area contributed by atoms with E-state index in [0.717, 1.165) is 3.49 Å². The fraction of sp³-hybridized carbons (Fsp3) is 1.00. The maximum absolute atomic E-state index is 2.41. The normalized spacial score (nSPS) is 17.2. The molecule has 0 atom stereocenters. The van der Waals surface area contributed by atoms with Gasteiger partial charge in [0.15, 0.2) is 0 Å². The van der Waals surface area contributed by atoms with Crippen molar-refractivity contribution in [2.75, 3.05) is 0 Å². The molecule has 0 bridgehead atoms. The Labute approximate surface area is 85.3 Å². The molecular formula is C9H20As2. The summed E-state index contributed by atoms with van der Waals surface area (Å²) < 4.78 is 1.12. The van der Waals surface area contributed by atoms with Crippen molar-refractivity contribution >= 4 is 31.5 Å². The minimum atomic E-state index is 0.603. The van der Waals surface area contributed by atoms with Crippen LogP contribution in [0.15, 0.2) is 0 Å². The van der Waals surface area contributed by atoms with Gasteiger partial charge in [0.1, 0.15) is 0 Å². The maximum atomic E-state index is 2.41. The van der Waals surface area contributed by atoms with E-state index < -0.39 is 0 Å².